The fraction of sp³-hybridized carbons (Fsp3) is 0.579. The molecule has 1 saturated carbocycles. The first kappa shape index (κ1) is 16.4. The second-order valence-corrected chi connectivity index (χ2v) is 7.30. The van der Waals surface area contributed by atoms with E-state index in [0.717, 1.165) is 36.1 Å². The minimum atomic E-state index is -0.537. The van der Waals surface area contributed by atoms with Crippen molar-refractivity contribution in [2.45, 2.75) is 44.2 Å². The molecule has 1 aromatic rings. The van der Waals surface area contributed by atoms with Gasteiger partial charge in [0.2, 0.25) is 0 Å². The van der Waals surface area contributed by atoms with Crippen molar-refractivity contribution in [2.75, 3.05) is 19.7 Å². The predicted molar refractivity (Wildman–Crippen MR) is 91.1 cm³/mol. The van der Waals surface area contributed by atoms with Crippen molar-refractivity contribution < 1.29 is 19.4 Å². The average molecular weight is 344 g/mol. The van der Waals surface area contributed by atoms with Crippen molar-refractivity contribution >= 4 is 11.8 Å². The molecule has 0 spiro atoms. The quantitative estimate of drug-likeness (QED) is 0.807. The van der Waals surface area contributed by atoms with Crippen LogP contribution in [0.5, 0.6) is 5.75 Å². The molecule has 1 aromatic carbocycles. The number of likely N-dealkylation sites (tertiary alicyclic amines) is 1. The average Bonchev–Trinajstić information content (AvgIpc) is 3.26. The zero-order chi connectivity index (χ0) is 17.4. The Morgan fingerprint density at radius 2 is 2.00 bits per heavy atom. The third-order valence-corrected chi connectivity index (χ3v) is 5.57. The van der Waals surface area contributed by atoms with Crippen LogP contribution in [0, 0.1) is 5.92 Å². The largest absolute Gasteiger partial charge is 0.493 e. The number of amides is 2. The van der Waals surface area contributed by atoms with Gasteiger partial charge >= 0.3 is 11.8 Å². The lowest BCUT2D eigenvalue weighted by molar-refractivity contribution is -0.146. The van der Waals surface area contributed by atoms with Crippen molar-refractivity contribution in [1.82, 2.24) is 10.2 Å². The van der Waals surface area contributed by atoms with Crippen LogP contribution in [0.3, 0.4) is 0 Å². The first-order chi connectivity index (χ1) is 12.1. The van der Waals surface area contributed by atoms with Crippen molar-refractivity contribution in [1.29, 1.82) is 0 Å². The summed E-state index contributed by atoms with van der Waals surface area (Å²) >= 11 is 0. The molecular weight excluding hydrogens is 320 g/mol. The number of hydrogen-bond acceptors (Lipinski definition) is 4. The highest BCUT2D eigenvalue weighted by Gasteiger charge is 2.37. The molecule has 6 nitrogen and oxygen atoms in total. The van der Waals surface area contributed by atoms with Crippen LogP contribution in [0.25, 0.3) is 0 Å². The second kappa shape index (κ2) is 6.67. The van der Waals surface area contributed by atoms with Crippen LogP contribution >= 0.6 is 0 Å². The summed E-state index contributed by atoms with van der Waals surface area (Å²) in [5.41, 5.74) is 2.13. The van der Waals surface area contributed by atoms with E-state index in [4.69, 9.17) is 4.74 Å². The van der Waals surface area contributed by atoms with Gasteiger partial charge in [-0.2, -0.15) is 0 Å². The highest BCUT2D eigenvalue weighted by molar-refractivity contribution is 6.35. The molecule has 2 amide bonds. The number of aliphatic hydroxyl groups excluding tert-OH is 1. The molecule has 0 aromatic heterocycles. The number of aliphatic hydroxyl groups is 1. The van der Waals surface area contributed by atoms with E-state index >= 15 is 0 Å². The topological polar surface area (TPSA) is 78.9 Å². The van der Waals surface area contributed by atoms with E-state index in [2.05, 4.69) is 11.4 Å². The Morgan fingerprint density at radius 1 is 1.24 bits per heavy atom. The van der Waals surface area contributed by atoms with E-state index in [9.17, 15) is 14.7 Å². The van der Waals surface area contributed by atoms with Crippen molar-refractivity contribution in [3.63, 3.8) is 0 Å². The van der Waals surface area contributed by atoms with E-state index in [1.54, 1.807) is 4.90 Å². The fourth-order valence-corrected chi connectivity index (χ4v) is 4.04. The molecule has 134 valence electrons. The highest BCUT2D eigenvalue weighted by Crippen LogP contribution is 2.39. The first-order valence-corrected chi connectivity index (χ1v) is 9.15. The fourth-order valence-electron chi connectivity index (χ4n) is 4.04. The summed E-state index contributed by atoms with van der Waals surface area (Å²) in [4.78, 5) is 26.4. The maximum Gasteiger partial charge on any atom is 0.311 e. The second-order valence-electron chi connectivity index (χ2n) is 7.30. The number of benzene rings is 1. The summed E-state index contributed by atoms with van der Waals surface area (Å²) in [6.07, 6.45) is 3.78. The molecule has 1 aliphatic carbocycles. The van der Waals surface area contributed by atoms with Gasteiger partial charge in [0.05, 0.1) is 18.8 Å². The Kier molecular flexibility index (Phi) is 4.37. The molecule has 1 saturated heterocycles. The van der Waals surface area contributed by atoms with Gasteiger partial charge in [0.15, 0.2) is 0 Å². The summed E-state index contributed by atoms with van der Waals surface area (Å²) in [7, 11) is 0. The molecule has 3 aliphatic rings. The summed E-state index contributed by atoms with van der Waals surface area (Å²) in [6, 6.07) is 5.72. The van der Waals surface area contributed by atoms with E-state index in [1.165, 1.54) is 0 Å². The Labute approximate surface area is 147 Å². The van der Waals surface area contributed by atoms with Crippen LogP contribution in [-0.2, 0) is 16.0 Å². The van der Waals surface area contributed by atoms with Crippen molar-refractivity contribution in [3.05, 3.63) is 29.3 Å². The van der Waals surface area contributed by atoms with Gasteiger partial charge in [0.25, 0.3) is 0 Å². The monoisotopic (exact) mass is 344 g/mol. The molecule has 4 rings (SSSR count). The number of nitrogens with zero attached hydrogens (tertiary/aromatic N) is 1. The van der Waals surface area contributed by atoms with Gasteiger partial charge in [-0.25, -0.2) is 0 Å². The molecule has 2 heterocycles. The Morgan fingerprint density at radius 3 is 2.72 bits per heavy atom. The Hall–Kier alpha value is -2.08. The molecule has 2 N–H and O–H groups in total. The van der Waals surface area contributed by atoms with Crippen LogP contribution in [0.4, 0.5) is 0 Å². The van der Waals surface area contributed by atoms with E-state index in [0.29, 0.717) is 32.5 Å². The lowest BCUT2D eigenvalue weighted by Gasteiger charge is -2.38. The van der Waals surface area contributed by atoms with Gasteiger partial charge in [-0.05, 0) is 54.9 Å². The zero-order valence-corrected chi connectivity index (χ0v) is 14.2. The molecule has 2 fully saturated rings. The number of hydrogen-bond donors (Lipinski definition) is 2. The number of nitrogens with one attached hydrogen (secondary N) is 1. The van der Waals surface area contributed by atoms with Gasteiger partial charge in [0, 0.05) is 19.5 Å². The smallest absolute Gasteiger partial charge is 0.311 e. The summed E-state index contributed by atoms with van der Waals surface area (Å²) in [5, 5.41) is 12.6. The van der Waals surface area contributed by atoms with Gasteiger partial charge in [-0.3, -0.25) is 9.59 Å². The summed E-state index contributed by atoms with van der Waals surface area (Å²) in [6.45, 7) is 2.01. The van der Waals surface area contributed by atoms with E-state index in [1.807, 2.05) is 12.1 Å². The molecule has 2 aliphatic heterocycles. The molecular formula is C19H24N2O4. The lowest BCUT2D eigenvalue weighted by Crippen LogP contribution is -2.47. The highest BCUT2D eigenvalue weighted by atomic mass is 16.5. The van der Waals surface area contributed by atoms with Crippen LogP contribution < -0.4 is 10.1 Å². The standard InChI is InChI=1S/C19H24N2O4/c22-15-10-14(11-15)17(13-3-4-16-12(9-13)5-8-25-16)20-18(23)19(24)21-6-1-2-7-21/h3-4,9,14-15,17,22H,1-2,5-8,10-11H2,(H,20,23)/t14?,15?,17-/m0/s1. The maximum absolute atomic E-state index is 12.5. The molecule has 1 atom stereocenters. The van der Waals surface area contributed by atoms with E-state index in [-0.39, 0.29) is 18.1 Å². The summed E-state index contributed by atoms with van der Waals surface area (Å²) in [5.74, 6) is 0.0817. The molecule has 0 bridgehead atoms. The number of carbonyl (C=O) groups is 2. The lowest BCUT2D eigenvalue weighted by atomic mass is 9.75. The van der Waals surface area contributed by atoms with Crippen LogP contribution in [0.1, 0.15) is 42.9 Å². The van der Waals surface area contributed by atoms with E-state index < -0.39 is 11.8 Å². The number of carbonyl (C=O) groups excluding carboxylic acids is 2. The van der Waals surface area contributed by atoms with Crippen molar-refractivity contribution in [3.8, 4) is 5.75 Å². The Bertz CT molecular complexity index is 678. The maximum atomic E-state index is 12.5. The molecule has 25 heavy (non-hydrogen) atoms. The van der Waals surface area contributed by atoms with Crippen LogP contribution in [-0.4, -0.2) is 47.6 Å². The third-order valence-electron chi connectivity index (χ3n) is 5.57. The molecule has 0 unspecified atom stereocenters. The van der Waals surface area contributed by atoms with Gasteiger partial charge in [-0.15, -0.1) is 0 Å². The predicted octanol–water partition coefficient (Wildman–Crippen LogP) is 1.17. The SMILES string of the molecule is O=C(N[C@@H](c1ccc2c(c1)CCO2)C1CC(O)C1)C(=O)N1CCCC1. The number of rotatable bonds is 3. The zero-order valence-electron chi connectivity index (χ0n) is 14.2. The first-order valence-electron chi connectivity index (χ1n) is 9.15. The molecule has 6 heteroatoms. The summed E-state index contributed by atoms with van der Waals surface area (Å²) < 4.78 is 5.55. The number of ether oxygens (including phenoxy) is 1. The molecule has 0 radical (unpaired) electrons. The van der Waals surface area contributed by atoms with Gasteiger partial charge in [-0.1, -0.05) is 6.07 Å². The normalized spacial score (nSPS) is 25.7. The van der Waals surface area contributed by atoms with Gasteiger partial charge in [0.1, 0.15) is 5.75 Å². The van der Waals surface area contributed by atoms with Crippen molar-refractivity contribution in [2.24, 2.45) is 5.92 Å². The van der Waals surface area contributed by atoms with Crippen LogP contribution in [0.2, 0.25) is 0 Å². The minimum absolute atomic E-state index is 0.158. The third kappa shape index (κ3) is 3.23. The number of fused-ring (bicyclic) bond motifs is 1. The van der Waals surface area contributed by atoms with Gasteiger partial charge < -0.3 is 20.1 Å². The Balaban J connectivity index is 1.52. The van der Waals surface area contributed by atoms with Crippen LogP contribution in [0.15, 0.2) is 18.2 Å². The minimum Gasteiger partial charge on any atom is -0.493 e.